The molecular weight excluding hydrogens is 406 g/mol. The lowest BCUT2D eigenvalue weighted by molar-refractivity contribution is -0.114. The Morgan fingerprint density at radius 3 is 2.84 bits per heavy atom. The van der Waals surface area contributed by atoms with Crippen LogP contribution in [-0.4, -0.2) is 35.0 Å². The third-order valence-electron chi connectivity index (χ3n) is 6.74. The van der Waals surface area contributed by atoms with Crippen LogP contribution in [0.4, 0.5) is 5.69 Å². The SMILES string of the molecule is CC(=O)Nc1ccc2c(c1)C(CN1CC=C(c3cn(C)c4cc(Cl)ccc34)CC1)CC2. The van der Waals surface area contributed by atoms with Crippen LogP contribution in [0.25, 0.3) is 16.5 Å². The van der Waals surface area contributed by atoms with Crippen molar-refractivity contribution < 1.29 is 4.79 Å². The summed E-state index contributed by atoms with van der Waals surface area (Å²) in [4.78, 5) is 14.0. The fraction of sp³-hybridized carbons (Fsp3) is 0.346. The summed E-state index contributed by atoms with van der Waals surface area (Å²) in [6, 6.07) is 12.6. The van der Waals surface area contributed by atoms with Crippen molar-refractivity contribution in [3.8, 4) is 0 Å². The van der Waals surface area contributed by atoms with Crippen molar-refractivity contribution in [2.75, 3.05) is 25.0 Å². The number of rotatable bonds is 4. The van der Waals surface area contributed by atoms with Crippen LogP contribution < -0.4 is 5.32 Å². The summed E-state index contributed by atoms with van der Waals surface area (Å²) in [5.74, 6) is 0.525. The maximum absolute atomic E-state index is 11.4. The molecular formula is C26H28ClN3O. The van der Waals surface area contributed by atoms with Gasteiger partial charge in [-0.3, -0.25) is 9.69 Å². The van der Waals surface area contributed by atoms with Crippen LogP contribution in [0.5, 0.6) is 0 Å². The third-order valence-corrected chi connectivity index (χ3v) is 6.97. The summed E-state index contributed by atoms with van der Waals surface area (Å²) in [5.41, 5.74) is 7.70. The van der Waals surface area contributed by atoms with Crippen molar-refractivity contribution in [1.29, 1.82) is 0 Å². The van der Waals surface area contributed by atoms with Gasteiger partial charge in [0.05, 0.1) is 0 Å². The Kier molecular flexibility index (Phi) is 5.37. The van der Waals surface area contributed by atoms with E-state index in [4.69, 9.17) is 11.6 Å². The van der Waals surface area contributed by atoms with Gasteiger partial charge in [0.15, 0.2) is 0 Å². The molecule has 5 rings (SSSR count). The zero-order valence-corrected chi connectivity index (χ0v) is 18.9. The lowest BCUT2D eigenvalue weighted by Crippen LogP contribution is -2.32. The number of aryl methyl sites for hydroxylation is 2. The Balaban J connectivity index is 1.31. The van der Waals surface area contributed by atoms with Crippen LogP contribution in [0.1, 0.15) is 42.4 Å². The van der Waals surface area contributed by atoms with Gasteiger partial charge in [-0.1, -0.05) is 29.8 Å². The van der Waals surface area contributed by atoms with Gasteiger partial charge in [-0.25, -0.2) is 0 Å². The fourth-order valence-electron chi connectivity index (χ4n) is 5.20. The monoisotopic (exact) mass is 433 g/mol. The number of nitrogens with zero attached hydrogens (tertiary/aromatic N) is 2. The molecule has 1 amide bonds. The number of nitrogens with one attached hydrogen (secondary N) is 1. The number of anilines is 1. The van der Waals surface area contributed by atoms with E-state index in [-0.39, 0.29) is 5.91 Å². The third kappa shape index (κ3) is 4.02. The van der Waals surface area contributed by atoms with Crippen LogP contribution in [0.15, 0.2) is 48.7 Å². The van der Waals surface area contributed by atoms with E-state index in [1.807, 2.05) is 18.2 Å². The van der Waals surface area contributed by atoms with E-state index in [1.165, 1.54) is 39.6 Å². The van der Waals surface area contributed by atoms with Gasteiger partial charge in [0.1, 0.15) is 0 Å². The largest absolute Gasteiger partial charge is 0.350 e. The van der Waals surface area contributed by atoms with E-state index in [1.54, 1.807) is 6.92 Å². The average molecular weight is 434 g/mol. The highest BCUT2D eigenvalue weighted by atomic mass is 35.5. The Morgan fingerprint density at radius 1 is 1.19 bits per heavy atom. The molecule has 1 atom stereocenters. The van der Waals surface area contributed by atoms with Gasteiger partial charge >= 0.3 is 0 Å². The number of fused-ring (bicyclic) bond motifs is 2. The van der Waals surface area contributed by atoms with Gasteiger partial charge < -0.3 is 9.88 Å². The normalized spacial score (nSPS) is 18.8. The summed E-state index contributed by atoms with van der Waals surface area (Å²) >= 11 is 6.20. The maximum Gasteiger partial charge on any atom is 0.221 e. The molecule has 0 saturated heterocycles. The molecule has 160 valence electrons. The molecule has 3 aromatic rings. The first-order valence-corrected chi connectivity index (χ1v) is 11.4. The first-order valence-electron chi connectivity index (χ1n) is 11.0. The molecule has 0 radical (unpaired) electrons. The molecule has 1 aliphatic heterocycles. The van der Waals surface area contributed by atoms with Gasteiger partial charge in [0.2, 0.25) is 5.91 Å². The van der Waals surface area contributed by atoms with Crippen LogP contribution in [0.2, 0.25) is 5.02 Å². The summed E-state index contributed by atoms with van der Waals surface area (Å²) in [6.07, 6.45) is 8.02. The first kappa shape index (κ1) is 20.3. The Labute approximate surface area is 188 Å². The van der Waals surface area contributed by atoms with Gasteiger partial charge in [0, 0.05) is 67.0 Å². The second-order valence-corrected chi connectivity index (χ2v) is 9.32. The number of hydrogen-bond donors (Lipinski definition) is 1. The van der Waals surface area contributed by atoms with Crippen molar-refractivity contribution >= 4 is 39.7 Å². The number of amides is 1. The second-order valence-electron chi connectivity index (χ2n) is 8.88. The number of halogens is 1. The molecule has 4 nitrogen and oxygen atoms in total. The molecule has 2 heterocycles. The molecule has 1 unspecified atom stereocenters. The zero-order chi connectivity index (χ0) is 21.5. The number of benzene rings is 2. The quantitative estimate of drug-likeness (QED) is 0.580. The molecule has 0 bridgehead atoms. The molecule has 1 aliphatic carbocycles. The van der Waals surface area contributed by atoms with Gasteiger partial charge in [-0.05, 0) is 66.1 Å². The molecule has 5 heteroatoms. The van der Waals surface area contributed by atoms with E-state index in [0.717, 1.165) is 43.2 Å². The lowest BCUT2D eigenvalue weighted by atomic mass is 9.96. The van der Waals surface area contributed by atoms with Gasteiger partial charge in [-0.2, -0.15) is 0 Å². The molecule has 31 heavy (non-hydrogen) atoms. The topological polar surface area (TPSA) is 37.3 Å². The smallest absolute Gasteiger partial charge is 0.221 e. The van der Waals surface area contributed by atoms with E-state index in [0.29, 0.717) is 5.92 Å². The van der Waals surface area contributed by atoms with Crippen LogP contribution in [-0.2, 0) is 18.3 Å². The maximum atomic E-state index is 11.4. The molecule has 0 spiro atoms. The van der Waals surface area contributed by atoms with Crippen molar-refractivity contribution in [2.45, 2.75) is 32.1 Å². The fourth-order valence-corrected chi connectivity index (χ4v) is 5.37. The predicted octanol–water partition coefficient (Wildman–Crippen LogP) is 5.61. The molecule has 2 aromatic carbocycles. The minimum absolute atomic E-state index is 0.0149. The minimum Gasteiger partial charge on any atom is -0.350 e. The Morgan fingerprint density at radius 2 is 2.06 bits per heavy atom. The number of carbonyl (C=O) groups excluding carboxylic acids is 1. The molecule has 1 aromatic heterocycles. The van der Waals surface area contributed by atoms with E-state index in [2.05, 4.69) is 52.3 Å². The zero-order valence-electron chi connectivity index (χ0n) is 18.1. The van der Waals surface area contributed by atoms with Gasteiger partial charge in [-0.15, -0.1) is 0 Å². The number of hydrogen-bond acceptors (Lipinski definition) is 2. The van der Waals surface area contributed by atoms with Crippen LogP contribution in [0, 0.1) is 0 Å². The first-order chi connectivity index (χ1) is 15.0. The van der Waals surface area contributed by atoms with Crippen molar-refractivity contribution in [3.63, 3.8) is 0 Å². The van der Waals surface area contributed by atoms with E-state index < -0.39 is 0 Å². The highest BCUT2D eigenvalue weighted by molar-refractivity contribution is 6.31. The van der Waals surface area contributed by atoms with Crippen LogP contribution in [0.3, 0.4) is 0 Å². The summed E-state index contributed by atoms with van der Waals surface area (Å²) < 4.78 is 2.17. The second kappa shape index (κ2) is 8.18. The Hall–Kier alpha value is -2.56. The van der Waals surface area contributed by atoms with E-state index >= 15 is 0 Å². The van der Waals surface area contributed by atoms with Crippen LogP contribution >= 0.6 is 11.6 Å². The molecule has 0 saturated carbocycles. The Bertz CT molecular complexity index is 1190. The predicted molar refractivity (Wildman–Crippen MR) is 129 cm³/mol. The lowest BCUT2D eigenvalue weighted by Gasteiger charge is -2.29. The van der Waals surface area contributed by atoms with Gasteiger partial charge in [0.25, 0.3) is 0 Å². The highest BCUT2D eigenvalue weighted by Gasteiger charge is 2.26. The molecule has 1 N–H and O–H groups in total. The van der Waals surface area contributed by atoms with E-state index in [9.17, 15) is 4.79 Å². The highest BCUT2D eigenvalue weighted by Crippen LogP contribution is 2.37. The summed E-state index contributed by atoms with van der Waals surface area (Å²) in [5, 5.41) is 4.99. The average Bonchev–Trinajstić information content (AvgIpc) is 3.29. The summed E-state index contributed by atoms with van der Waals surface area (Å²) in [7, 11) is 2.09. The number of aromatic nitrogens is 1. The molecule has 0 fully saturated rings. The standard InChI is InChI=1S/C26H28ClN3O/c1-17(31)28-22-7-5-18-3-4-20(24(18)14-22)15-30-11-9-19(10-12-30)25-16-29(2)26-13-21(27)6-8-23(25)26/h5-9,13-14,16,20H,3-4,10-12,15H2,1-2H3,(H,28,31). The van der Waals surface area contributed by atoms with Crippen molar-refractivity contribution in [2.24, 2.45) is 7.05 Å². The number of carbonyl (C=O) groups is 1. The van der Waals surface area contributed by atoms with Crippen molar-refractivity contribution in [1.82, 2.24) is 9.47 Å². The van der Waals surface area contributed by atoms with Crippen molar-refractivity contribution in [3.05, 3.63) is 70.4 Å². The summed E-state index contributed by atoms with van der Waals surface area (Å²) in [6.45, 7) is 4.70. The molecule has 2 aliphatic rings. The minimum atomic E-state index is -0.0149.